The van der Waals surface area contributed by atoms with E-state index in [-0.39, 0.29) is 0 Å². The van der Waals surface area contributed by atoms with E-state index in [1.165, 1.54) is 24.2 Å². The van der Waals surface area contributed by atoms with Gasteiger partial charge in [-0.1, -0.05) is 6.08 Å². The molecule has 2 N–H and O–H groups in total. The summed E-state index contributed by atoms with van der Waals surface area (Å²) in [4.78, 5) is 3.21. The lowest BCUT2D eigenvalue weighted by atomic mass is 10.1. The van der Waals surface area contributed by atoms with Crippen LogP contribution in [0.4, 0.5) is 0 Å². The Morgan fingerprint density at radius 3 is 2.85 bits per heavy atom. The summed E-state index contributed by atoms with van der Waals surface area (Å²) >= 11 is 5.50. The molecule has 7 heteroatoms. The number of rotatable bonds is 6. The highest BCUT2D eigenvalue weighted by Crippen LogP contribution is 2.25. The zero-order valence-electron chi connectivity index (χ0n) is 15.1. The van der Waals surface area contributed by atoms with Crippen LogP contribution in [0.3, 0.4) is 0 Å². The van der Waals surface area contributed by atoms with Crippen molar-refractivity contribution in [1.29, 1.82) is 0 Å². The first kappa shape index (κ1) is 17.5. The van der Waals surface area contributed by atoms with Crippen molar-refractivity contribution in [3.63, 3.8) is 0 Å². The summed E-state index contributed by atoms with van der Waals surface area (Å²) in [7, 11) is 0. The van der Waals surface area contributed by atoms with Crippen molar-refractivity contribution < 1.29 is 14.5 Å². The molecule has 0 bridgehead atoms. The molecule has 2 aliphatic heterocycles. The maximum absolute atomic E-state index is 5.61. The molecule has 1 fully saturated rings. The Bertz CT molecular complexity index is 835. The number of benzene rings is 1. The summed E-state index contributed by atoms with van der Waals surface area (Å²) in [6.45, 7) is 11.9. The third-order valence-corrected chi connectivity index (χ3v) is 5.81. The summed E-state index contributed by atoms with van der Waals surface area (Å²) in [6, 6.07) is 6.70. The second-order valence-corrected chi connectivity index (χ2v) is 7.59. The Morgan fingerprint density at radius 1 is 1.23 bits per heavy atom. The predicted octanol–water partition coefficient (Wildman–Crippen LogP) is -0.524. The van der Waals surface area contributed by atoms with Gasteiger partial charge in [-0.25, -0.2) is 0 Å². The van der Waals surface area contributed by atoms with Crippen LogP contribution in [-0.4, -0.2) is 47.1 Å². The molecular weight excluding hydrogens is 346 g/mol. The van der Waals surface area contributed by atoms with Crippen LogP contribution in [0.5, 0.6) is 5.75 Å². The molecule has 0 unspecified atom stereocenters. The van der Waals surface area contributed by atoms with Crippen LogP contribution in [0.2, 0.25) is 0 Å². The smallest absolute Gasteiger partial charge is 0.202 e. The van der Waals surface area contributed by atoms with E-state index < -0.39 is 0 Å². The van der Waals surface area contributed by atoms with E-state index in [4.69, 9.17) is 17.0 Å². The largest absolute Gasteiger partial charge is 0.493 e. The first-order chi connectivity index (χ1) is 12.7. The van der Waals surface area contributed by atoms with Gasteiger partial charge < -0.3 is 19.1 Å². The van der Waals surface area contributed by atoms with E-state index in [9.17, 15) is 0 Å². The number of aromatic nitrogens is 3. The predicted molar refractivity (Wildman–Crippen MR) is 102 cm³/mol. The second kappa shape index (κ2) is 7.73. The molecule has 1 aromatic heterocycles. The topological polar surface area (TPSA) is 40.9 Å². The molecule has 0 atom stereocenters. The lowest BCUT2D eigenvalue weighted by Gasteiger charge is -2.29. The molecule has 1 saturated heterocycles. The normalized spacial score (nSPS) is 22.0. The lowest BCUT2D eigenvalue weighted by Crippen LogP contribution is -3.27. The quantitative estimate of drug-likeness (QED) is 0.529. The fourth-order valence-corrected chi connectivity index (χ4v) is 4.12. The second-order valence-electron chi connectivity index (χ2n) is 7.23. The van der Waals surface area contributed by atoms with E-state index in [1.807, 2.05) is 21.7 Å². The Morgan fingerprint density at radius 2 is 2.04 bits per heavy atom. The molecule has 0 aliphatic carbocycles. The van der Waals surface area contributed by atoms with Crippen LogP contribution in [0.1, 0.15) is 11.1 Å². The monoisotopic (exact) mass is 373 g/mol. The van der Waals surface area contributed by atoms with Crippen LogP contribution in [0, 0.1) is 4.77 Å². The van der Waals surface area contributed by atoms with Gasteiger partial charge in [-0.3, -0.25) is 0 Å². The van der Waals surface area contributed by atoms with E-state index in [0.717, 1.165) is 56.4 Å². The highest BCUT2D eigenvalue weighted by Gasteiger charge is 2.24. The maximum atomic E-state index is 5.61. The molecule has 2 aromatic rings. The molecule has 26 heavy (non-hydrogen) atoms. The number of nitrogens with zero attached hydrogens (tertiary/aromatic N) is 3. The van der Waals surface area contributed by atoms with Gasteiger partial charge in [-0.15, -0.1) is 6.58 Å². The van der Waals surface area contributed by atoms with Crippen molar-refractivity contribution in [3.8, 4) is 5.75 Å². The maximum Gasteiger partial charge on any atom is 0.202 e. The summed E-state index contributed by atoms with van der Waals surface area (Å²) in [5.41, 5.74) is 2.80. The van der Waals surface area contributed by atoms with Crippen molar-refractivity contribution in [2.75, 3.05) is 32.8 Å². The molecule has 0 spiro atoms. The number of fused-ring (bicyclic) bond motifs is 1. The first-order valence-corrected chi connectivity index (χ1v) is 9.78. The Labute approximate surface area is 159 Å². The molecule has 0 amide bonds. The summed E-state index contributed by atoms with van der Waals surface area (Å²) < 4.78 is 10.3. The van der Waals surface area contributed by atoms with Crippen molar-refractivity contribution in [3.05, 3.63) is 53.1 Å². The standard InChI is InChI=1S/C19H25N5OS/c1-2-6-23-14-20-24(19(23)26)15-22-9-7-21(8-10-22)13-16-3-4-18-17(12-16)5-11-25-18/h2-4,12,14H,1,5-11,13,15H2/p+2. The number of ether oxygens (including phenoxy) is 1. The van der Waals surface area contributed by atoms with Gasteiger partial charge in [-0.2, -0.15) is 9.78 Å². The zero-order valence-corrected chi connectivity index (χ0v) is 15.9. The van der Waals surface area contributed by atoms with Gasteiger partial charge in [0.15, 0.2) is 6.67 Å². The van der Waals surface area contributed by atoms with Gasteiger partial charge in [0.2, 0.25) is 4.77 Å². The average molecular weight is 374 g/mol. The van der Waals surface area contributed by atoms with E-state index in [2.05, 4.69) is 29.9 Å². The Balaban J connectivity index is 1.30. The van der Waals surface area contributed by atoms with Crippen molar-refractivity contribution in [1.82, 2.24) is 14.3 Å². The molecule has 0 saturated carbocycles. The zero-order chi connectivity index (χ0) is 17.9. The fraction of sp³-hybridized carbons (Fsp3) is 0.474. The molecule has 138 valence electrons. The Hall–Kier alpha value is -1.96. The molecule has 0 radical (unpaired) electrons. The SMILES string of the molecule is C=CCn1cnn(C[NH+]2CC[NH+](Cc3ccc4c(c3)CCO4)CC2)c1=S. The Kier molecular flexibility index (Phi) is 5.19. The molecule has 3 heterocycles. The van der Waals surface area contributed by atoms with Gasteiger partial charge in [0.05, 0.1) is 6.61 Å². The summed E-state index contributed by atoms with van der Waals surface area (Å²) in [5.74, 6) is 1.07. The van der Waals surface area contributed by atoms with Crippen LogP contribution in [0.25, 0.3) is 0 Å². The number of piperazine rings is 1. The number of allylic oxidation sites excluding steroid dienone is 1. The molecule has 6 nitrogen and oxygen atoms in total. The molecule has 2 aliphatic rings. The minimum Gasteiger partial charge on any atom is -0.493 e. The highest BCUT2D eigenvalue weighted by molar-refractivity contribution is 7.71. The molecule has 1 aromatic carbocycles. The summed E-state index contributed by atoms with van der Waals surface area (Å²) in [5, 5.41) is 4.44. The van der Waals surface area contributed by atoms with Gasteiger partial charge in [0.25, 0.3) is 0 Å². The van der Waals surface area contributed by atoms with E-state index >= 15 is 0 Å². The van der Waals surface area contributed by atoms with Crippen LogP contribution in [-0.2, 0) is 26.2 Å². The van der Waals surface area contributed by atoms with Gasteiger partial charge in [0, 0.05) is 18.5 Å². The number of nitrogens with one attached hydrogen (secondary N) is 2. The first-order valence-electron chi connectivity index (χ1n) is 9.38. The minimum atomic E-state index is 0.720. The van der Waals surface area contributed by atoms with Crippen LogP contribution >= 0.6 is 12.2 Å². The van der Waals surface area contributed by atoms with Crippen molar-refractivity contribution >= 4 is 12.2 Å². The van der Waals surface area contributed by atoms with Crippen LogP contribution in [0.15, 0.2) is 37.2 Å². The number of quaternary nitrogens is 2. The van der Waals surface area contributed by atoms with Gasteiger partial charge >= 0.3 is 0 Å². The van der Waals surface area contributed by atoms with Crippen molar-refractivity contribution in [2.45, 2.75) is 26.2 Å². The lowest BCUT2D eigenvalue weighted by molar-refractivity contribution is -1.03. The third-order valence-electron chi connectivity index (χ3n) is 5.37. The molecule has 4 rings (SSSR count). The minimum absolute atomic E-state index is 0.720. The van der Waals surface area contributed by atoms with Crippen LogP contribution < -0.4 is 14.5 Å². The van der Waals surface area contributed by atoms with E-state index in [0.29, 0.717) is 0 Å². The average Bonchev–Trinajstić information content (AvgIpc) is 3.25. The summed E-state index contributed by atoms with van der Waals surface area (Å²) in [6.07, 6.45) is 4.71. The molecular formula is C19H27N5OS+2. The number of hydrogen-bond acceptors (Lipinski definition) is 3. The van der Waals surface area contributed by atoms with Gasteiger partial charge in [0.1, 0.15) is 44.8 Å². The number of hydrogen-bond donors (Lipinski definition) is 2. The van der Waals surface area contributed by atoms with Crippen molar-refractivity contribution in [2.24, 2.45) is 0 Å². The highest BCUT2D eigenvalue weighted by atomic mass is 32.1. The third kappa shape index (κ3) is 3.75. The van der Waals surface area contributed by atoms with Gasteiger partial charge in [-0.05, 0) is 36.0 Å². The fourth-order valence-electron chi connectivity index (χ4n) is 3.89. The van der Waals surface area contributed by atoms with E-state index in [1.54, 1.807) is 9.80 Å².